The zero-order chi connectivity index (χ0) is 11.4. The summed E-state index contributed by atoms with van der Waals surface area (Å²) in [5.74, 6) is 1.59. The maximum Gasteiger partial charge on any atom is 0.161 e. The Kier molecular flexibility index (Phi) is 3.47. The molecule has 0 unspecified atom stereocenters. The zero-order valence-corrected chi connectivity index (χ0v) is 9.75. The Morgan fingerprint density at radius 2 is 1.88 bits per heavy atom. The van der Waals surface area contributed by atoms with Gasteiger partial charge in [-0.15, -0.1) is 0 Å². The number of hydrogen-bond acceptors (Lipinski definition) is 3. The average molecular weight is 219 g/mol. The first-order valence-corrected chi connectivity index (χ1v) is 5.47. The largest absolute Gasteiger partial charge is 0.493 e. The van der Waals surface area contributed by atoms with Crippen molar-refractivity contribution in [2.45, 2.75) is 6.42 Å². The minimum Gasteiger partial charge on any atom is -0.493 e. The fourth-order valence-corrected chi connectivity index (χ4v) is 1.90. The summed E-state index contributed by atoms with van der Waals surface area (Å²) >= 11 is 0. The van der Waals surface area contributed by atoms with E-state index in [9.17, 15) is 0 Å². The van der Waals surface area contributed by atoms with Gasteiger partial charge in [-0.3, -0.25) is 0 Å². The van der Waals surface area contributed by atoms with Gasteiger partial charge < -0.3 is 14.8 Å². The molecular formula is C13H17NO2. The van der Waals surface area contributed by atoms with Gasteiger partial charge in [0.1, 0.15) is 0 Å². The number of ether oxygens (including phenoxy) is 2. The molecule has 86 valence electrons. The first-order valence-electron chi connectivity index (χ1n) is 5.47. The van der Waals surface area contributed by atoms with Crippen LogP contribution in [0.4, 0.5) is 0 Å². The molecule has 0 spiro atoms. The summed E-state index contributed by atoms with van der Waals surface area (Å²) in [4.78, 5) is 0. The van der Waals surface area contributed by atoms with Crippen LogP contribution < -0.4 is 14.8 Å². The molecule has 0 amide bonds. The number of rotatable bonds is 2. The van der Waals surface area contributed by atoms with Crippen molar-refractivity contribution in [2.75, 3.05) is 27.3 Å². The Morgan fingerprint density at radius 1 is 1.12 bits per heavy atom. The van der Waals surface area contributed by atoms with E-state index < -0.39 is 0 Å². The molecule has 1 aromatic carbocycles. The molecular weight excluding hydrogens is 202 g/mol. The Morgan fingerprint density at radius 3 is 2.62 bits per heavy atom. The standard InChI is InChI=1S/C13H17NO2/c1-15-12-8-10-4-3-6-14-7-5-11(10)9-13(12)16-2/h3-4,8-9,14H,5-7H2,1-2H3/b4-3-. The first-order chi connectivity index (χ1) is 7.85. The summed E-state index contributed by atoms with van der Waals surface area (Å²) in [5.41, 5.74) is 2.51. The lowest BCUT2D eigenvalue weighted by Crippen LogP contribution is -2.18. The quantitative estimate of drug-likeness (QED) is 0.823. The average Bonchev–Trinajstić information content (AvgIpc) is 2.29. The van der Waals surface area contributed by atoms with Crippen molar-refractivity contribution in [2.24, 2.45) is 0 Å². The summed E-state index contributed by atoms with van der Waals surface area (Å²) in [5, 5.41) is 3.34. The Hall–Kier alpha value is -1.48. The van der Waals surface area contributed by atoms with Crippen molar-refractivity contribution in [1.29, 1.82) is 0 Å². The molecule has 0 saturated heterocycles. The highest BCUT2D eigenvalue weighted by molar-refractivity contribution is 5.60. The highest BCUT2D eigenvalue weighted by Gasteiger charge is 2.10. The van der Waals surface area contributed by atoms with E-state index in [-0.39, 0.29) is 0 Å². The van der Waals surface area contributed by atoms with Crippen LogP contribution in [-0.4, -0.2) is 27.3 Å². The lowest BCUT2D eigenvalue weighted by atomic mass is 10.0. The van der Waals surface area contributed by atoms with Gasteiger partial charge in [-0.05, 0) is 36.2 Å². The Labute approximate surface area is 96.1 Å². The van der Waals surface area contributed by atoms with Crippen molar-refractivity contribution >= 4 is 6.08 Å². The minimum atomic E-state index is 0.791. The van der Waals surface area contributed by atoms with Crippen LogP contribution in [0.25, 0.3) is 6.08 Å². The SMILES string of the molecule is COc1cc2c(cc1OC)CCNC/C=C\2. The lowest BCUT2D eigenvalue weighted by molar-refractivity contribution is 0.354. The molecule has 1 heterocycles. The number of nitrogens with one attached hydrogen (secondary N) is 1. The van der Waals surface area contributed by atoms with E-state index in [2.05, 4.69) is 23.5 Å². The molecule has 3 heteroatoms. The van der Waals surface area contributed by atoms with Gasteiger partial charge in [0.2, 0.25) is 0 Å². The van der Waals surface area contributed by atoms with Crippen molar-refractivity contribution in [3.8, 4) is 11.5 Å². The predicted octanol–water partition coefficient (Wildman–Crippen LogP) is 1.86. The van der Waals surface area contributed by atoms with Crippen molar-refractivity contribution in [3.05, 3.63) is 29.3 Å². The molecule has 0 saturated carbocycles. The third-order valence-electron chi connectivity index (χ3n) is 2.78. The van der Waals surface area contributed by atoms with Gasteiger partial charge in [0.25, 0.3) is 0 Å². The summed E-state index contributed by atoms with van der Waals surface area (Å²) < 4.78 is 10.6. The van der Waals surface area contributed by atoms with E-state index in [1.807, 2.05) is 6.07 Å². The molecule has 1 aromatic rings. The van der Waals surface area contributed by atoms with E-state index in [1.165, 1.54) is 11.1 Å². The van der Waals surface area contributed by atoms with E-state index in [0.29, 0.717) is 0 Å². The summed E-state index contributed by atoms with van der Waals surface area (Å²) in [6.45, 7) is 1.92. The smallest absolute Gasteiger partial charge is 0.161 e. The van der Waals surface area contributed by atoms with Gasteiger partial charge in [-0.25, -0.2) is 0 Å². The van der Waals surface area contributed by atoms with Crippen LogP contribution in [0.1, 0.15) is 11.1 Å². The second-order valence-corrected chi connectivity index (χ2v) is 3.76. The monoisotopic (exact) mass is 219 g/mol. The number of benzene rings is 1. The maximum atomic E-state index is 5.30. The van der Waals surface area contributed by atoms with E-state index in [1.54, 1.807) is 14.2 Å². The van der Waals surface area contributed by atoms with Crippen LogP contribution in [0.3, 0.4) is 0 Å². The first kappa shape index (κ1) is 11.0. The molecule has 1 aliphatic rings. The fourth-order valence-electron chi connectivity index (χ4n) is 1.90. The second-order valence-electron chi connectivity index (χ2n) is 3.76. The Bertz CT molecular complexity index is 399. The highest BCUT2D eigenvalue weighted by Crippen LogP contribution is 2.31. The molecule has 0 radical (unpaired) electrons. The molecule has 0 aliphatic carbocycles. The summed E-state index contributed by atoms with van der Waals surface area (Å²) in [6.07, 6.45) is 5.27. The van der Waals surface area contributed by atoms with Crippen LogP contribution in [0, 0.1) is 0 Å². The normalized spacial score (nSPS) is 16.9. The van der Waals surface area contributed by atoms with E-state index >= 15 is 0 Å². The van der Waals surface area contributed by atoms with Crippen molar-refractivity contribution in [1.82, 2.24) is 5.32 Å². The van der Waals surface area contributed by atoms with Crippen LogP contribution in [0.5, 0.6) is 11.5 Å². The Balaban J connectivity index is 2.45. The lowest BCUT2D eigenvalue weighted by Gasteiger charge is -2.14. The van der Waals surface area contributed by atoms with Gasteiger partial charge in [0.05, 0.1) is 14.2 Å². The van der Waals surface area contributed by atoms with Gasteiger partial charge in [-0.1, -0.05) is 12.2 Å². The van der Waals surface area contributed by atoms with Gasteiger partial charge in [0.15, 0.2) is 11.5 Å². The number of hydrogen-bond donors (Lipinski definition) is 1. The van der Waals surface area contributed by atoms with Crippen LogP contribution in [0.2, 0.25) is 0 Å². The number of fused-ring (bicyclic) bond motifs is 1. The summed E-state index contributed by atoms with van der Waals surface area (Å²) in [6, 6.07) is 4.10. The predicted molar refractivity (Wildman–Crippen MR) is 65.2 cm³/mol. The van der Waals surface area contributed by atoms with Crippen molar-refractivity contribution in [3.63, 3.8) is 0 Å². The molecule has 0 bridgehead atoms. The van der Waals surface area contributed by atoms with Crippen LogP contribution in [-0.2, 0) is 6.42 Å². The van der Waals surface area contributed by atoms with Gasteiger partial charge in [-0.2, -0.15) is 0 Å². The van der Waals surface area contributed by atoms with Crippen LogP contribution in [0.15, 0.2) is 18.2 Å². The van der Waals surface area contributed by atoms with Gasteiger partial charge >= 0.3 is 0 Å². The van der Waals surface area contributed by atoms with E-state index in [0.717, 1.165) is 31.0 Å². The van der Waals surface area contributed by atoms with E-state index in [4.69, 9.17) is 9.47 Å². The highest BCUT2D eigenvalue weighted by atomic mass is 16.5. The molecule has 16 heavy (non-hydrogen) atoms. The molecule has 1 aliphatic heterocycles. The van der Waals surface area contributed by atoms with Gasteiger partial charge in [0, 0.05) is 6.54 Å². The maximum absolute atomic E-state index is 5.30. The van der Waals surface area contributed by atoms with Crippen molar-refractivity contribution < 1.29 is 9.47 Å². The third kappa shape index (κ3) is 2.19. The molecule has 3 nitrogen and oxygen atoms in total. The molecule has 2 rings (SSSR count). The molecule has 0 atom stereocenters. The number of methoxy groups -OCH3 is 2. The molecule has 0 fully saturated rings. The minimum absolute atomic E-state index is 0.791. The van der Waals surface area contributed by atoms with Crippen LogP contribution >= 0.6 is 0 Å². The fraction of sp³-hybridized carbons (Fsp3) is 0.385. The zero-order valence-electron chi connectivity index (χ0n) is 9.75. The topological polar surface area (TPSA) is 30.5 Å². The molecule has 0 aromatic heterocycles. The third-order valence-corrected chi connectivity index (χ3v) is 2.78. The molecule has 1 N–H and O–H groups in total. The second kappa shape index (κ2) is 5.03. The summed E-state index contributed by atoms with van der Waals surface area (Å²) in [7, 11) is 3.33.